The summed E-state index contributed by atoms with van der Waals surface area (Å²) in [4.78, 5) is 12.1. The lowest BCUT2D eigenvalue weighted by Crippen LogP contribution is -2.14. The highest BCUT2D eigenvalue weighted by atomic mass is 32.2. The summed E-state index contributed by atoms with van der Waals surface area (Å²) in [5.41, 5.74) is 8.00. The highest BCUT2D eigenvalue weighted by molar-refractivity contribution is 7.87. The van der Waals surface area contributed by atoms with Crippen molar-refractivity contribution in [2.45, 2.75) is 58.6 Å². The first-order valence-electron chi connectivity index (χ1n) is 14.8. The van der Waals surface area contributed by atoms with Crippen LogP contribution in [0.4, 0.5) is 10.1 Å². The zero-order valence-corrected chi connectivity index (χ0v) is 26.9. The summed E-state index contributed by atoms with van der Waals surface area (Å²) in [5, 5.41) is 7.24. The van der Waals surface area contributed by atoms with Gasteiger partial charge in [0.1, 0.15) is 28.8 Å². The van der Waals surface area contributed by atoms with Crippen LogP contribution in [-0.2, 0) is 38.7 Å². The Morgan fingerprint density at radius 2 is 1.65 bits per heavy atom. The average molecular weight is 643 g/mol. The molecule has 0 amide bonds. The van der Waals surface area contributed by atoms with Gasteiger partial charge in [0.2, 0.25) is 0 Å². The van der Waals surface area contributed by atoms with E-state index in [9.17, 15) is 17.6 Å². The second kappa shape index (κ2) is 14.0. The molecule has 0 saturated carbocycles. The molecule has 46 heavy (non-hydrogen) atoms. The number of ether oxygens (including phenoxy) is 1. The SMILES string of the molecule is Cc1cc(OCc2c(C)noc2C)cc(C)c1-c1cccc(CNc2ccc(CCC(=O)OS(=O)(=O)c3ccccc3)c(F)c2)c1. The Morgan fingerprint density at radius 3 is 2.33 bits per heavy atom. The number of carbonyl (C=O) groups is 1. The molecule has 4 aromatic carbocycles. The molecule has 0 atom stereocenters. The third-order valence-electron chi connectivity index (χ3n) is 7.67. The third kappa shape index (κ3) is 7.81. The number of aryl methyl sites for hydroxylation is 5. The molecule has 0 aliphatic carbocycles. The molecule has 0 aliphatic rings. The molecule has 0 saturated heterocycles. The van der Waals surface area contributed by atoms with E-state index in [1.807, 2.05) is 38.1 Å². The van der Waals surface area contributed by atoms with Crippen LogP contribution >= 0.6 is 0 Å². The number of anilines is 1. The van der Waals surface area contributed by atoms with Gasteiger partial charge in [-0.05, 0) is 110 Å². The Hall–Kier alpha value is -4.96. The van der Waals surface area contributed by atoms with Crippen molar-refractivity contribution in [3.63, 3.8) is 0 Å². The fourth-order valence-corrected chi connectivity index (χ4v) is 6.18. The molecule has 0 radical (unpaired) electrons. The molecule has 5 rings (SSSR count). The molecular formula is C36H35FN2O6S. The lowest BCUT2D eigenvalue weighted by atomic mass is 9.94. The van der Waals surface area contributed by atoms with E-state index in [0.29, 0.717) is 18.8 Å². The minimum atomic E-state index is -4.22. The Bertz CT molecular complexity index is 1930. The summed E-state index contributed by atoms with van der Waals surface area (Å²) in [6.07, 6.45) is -0.282. The number of hydrogen-bond acceptors (Lipinski definition) is 8. The molecule has 238 valence electrons. The fourth-order valence-electron chi connectivity index (χ4n) is 5.26. The lowest BCUT2D eigenvalue weighted by Gasteiger charge is -2.15. The highest BCUT2D eigenvalue weighted by Crippen LogP contribution is 2.32. The van der Waals surface area contributed by atoms with Crippen LogP contribution in [0.1, 0.15) is 45.7 Å². The number of halogens is 1. The van der Waals surface area contributed by atoms with Gasteiger partial charge in [-0.15, -0.1) is 0 Å². The van der Waals surface area contributed by atoms with Gasteiger partial charge in [-0.3, -0.25) is 4.79 Å². The standard InChI is InChI=1S/C36H35FN2O6S/c1-23-17-31(43-22-33-25(3)39-44-26(33)4)18-24(2)36(23)29-10-8-9-27(19-29)21-38-30-15-13-28(34(37)20-30)14-16-35(40)45-46(41,42)32-11-6-5-7-12-32/h5-13,15,17-20,38H,14,16,21-22H2,1-4H3. The van der Waals surface area contributed by atoms with Crippen LogP contribution in [0.3, 0.4) is 0 Å². The summed E-state index contributed by atoms with van der Waals surface area (Å²) in [7, 11) is -4.22. The van der Waals surface area contributed by atoms with Gasteiger partial charge in [-0.1, -0.05) is 47.6 Å². The molecule has 0 aliphatic heterocycles. The number of aromatic nitrogens is 1. The normalized spacial score (nSPS) is 11.3. The van der Waals surface area contributed by atoms with Crippen LogP contribution in [0.5, 0.6) is 5.75 Å². The van der Waals surface area contributed by atoms with Crippen LogP contribution in [0.25, 0.3) is 11.1 Å². The molecule has 0 unspecified atom stereocenters. The molecule has 0 fully saturated rings. The first kappa shape index (κ1) is 32.4. The van der Waals surface area contributed by atoms with Crippen molar-refractivity contribution in [3.8, 4) is 16.9 Å². The maximum absolute atomic E-state index is 14.9. The minimum absolute atomic E-state index is 0.000347. The second-order valence-corrected chi connectivity index (χ2v) is 12.7. The van der Waals surface area contributed by atoms with E-state index >= 15 is 0 Å². The van der Waals surface area contributed by atoms with E-state index in [2.05, 4.69) is 40.6 Å². The van der Waals surface area contributed by atoms with Gasteiger partial charge in [0.15, 0.2) is 0 Å². The summed E-state index contributed by atoms with van der Waals surface area (Å²) < 4.78 is 55.4. The van der Waals surface area contributed by atoms with Crippen molar-refractivity contribution in [3.05, 3.63) is 130 Å². The van der Waals surface area contributed by atoms with E-state index in [4.69, 9.17) is 9.26 Å². The predicted octanol–water partition coefficient (Wildman–Crippen LogP) is 7.77. The summed E-state index contributed by atoms with van der Waals surface area (Å²) in [6.45, 7) is 8.73. The molecule has 5 aromatic rings. The Morgan fingerprint density at radius 1 is 0.913 bits per heavy atom. The van der Waals surface area contributed by atoms with Gasteiger partial charge in [-0.25, -0.2) is 4.39 Å². The molecule has 1 aromatic heterocycles. The number of carbonyl (C=O) groups excluding carboxylic acids is 1. The van der Waals surface area contributed by atoms with E-state index in [1.54, 1.807) is 18.2 Å². The van der Waals surface area contributed by atoms with Crippen LogP contribution < -0.4 is 10.1 Å². The quantitative estimate of drug-likeness (QED) is 0.138. The smallest absolute Gasteiger partial charge is 0.341 e. The van der Waals surface area contributed by atoms with Gasteiger partial charge in [-0.2, -0.15) is 8.42 Å². The van der Waals surface area contributed by atoms with Crippen molar-refractivity contribution in [2.75, 3.05) is 5.32 Å². The maximum Gasteiger partial charge on any atom is 0.341 e. The second-order valence-electron chi connectivity index (χ2n) is 11.1. The number of hydrogen-bond donors (Lipinski definition) is 1. The molecule has 1 heterocycles. The summed E-state index contributed by atoms with van der Waals surface area (Å²) >= 11 is 0. The Balaban J connectivity index is 1.18. The fraction of sp³-hybridized carbons (Fsp3) is 0.222. The zero-order chi connectivity index (χ0) is 32.8. The number of rotatable bonds is 12. The lowest BCUT2D eigenvalue weighted by molar-refractivity contribution is -0.133. The van der Waals surface area contributed by atoms with E-state index < -0.39 is 21.9 Å². The van der Waals surface area contributed by atoms with Crippen LogP contribution in [-0.4, -0.2) is 19.5 Å². The topological polar surface area (TPSA) is 108 Å². The van der Waals surface area contributed by atoms with E-state index in [0.717, 1.165) is 50.6 Å². The summed E-state index contributed by atoms with van der Waals surface area (Å²) in [5.74, 6) is 0.0782. The molecule has 10 heteroatoms. The van der Waals surface area contributed by atoms with Crippen LogP contribution in [0.2, 0.25) is 0 Å². The van der Waals surface area contributed by atoms with Crippen molar-refractivity contribution in [2.24, 2.45) is 0 Å². The van der Waals surface area contributed by atoms with Crippen molar-refractivity contribution in [1.82, 2.24) is 5.16 Å². The van der Waals surface area contributed by atoms with Gasteiger partial charge in [0, 0.05) is 12.2 Å². The molecule has 8 nitrogen and oxygen atoms in total. The van der Waals surface area contributed by atoms with Gasteiger partial charge >= 0.3 is 16.1 Å². The Labute approximate surface area is 268 Å². The van der Waals surface area contributed by atoms with Crippen LogP contribution in [0.15, 0.2) is 94.3 Å². The first-order valence-corrected chi connectivity index (χ1v) is 16.2. The number of nitrogens with one attached hydrogen (secondary N) is 1. The number of nitrogens with zero attached hydrogens (tertiary/aromatic N) is 1. The highest BCUT2D eigenvalue weighted by Gasteiger charge is 2.20. The van der Waals surface area contributed by atoms with E-state index in [-0.39, 0.29) is 23.3 Å². The summed E-state index contributed by atoms with van der Waals surface area (Å²) in [6, 6.07) is 24.3. The third-order valence-corrected chi connectivity index (χ3v) is 8.92. The van der Waals surface area contributed by atoms with Gasteiger partial charge in [0.25, 0.3) is 0 Å². The van der Waals surface area contributed by atoms with Crippen LogP contribution in [0, 0.1) is 33.5 Å². The first-order chi connectivity index (χ1) is 22.0. The van der Waals surface area contributed by atoms with Gasteiger partial charge < -0.3 is 18.8 Å². The largest absolute Gasteiger partial charge is 0.489 e. The average Bonchev–Trinajstić information content (AvgIpc) is 3.35. The predicted molar refractivity (Wildman–Crippen MR) is 173 cm³/mol. The van der Waals surface area contributed by atoms with Crippen molar-refractivity contribution >= 4 is 21.8 Å². The molecule has 1 N–H and O–H groups in total. The Kier molecular flexibility index (Phi) is 9.87. The van der Waals surface area contributed by atoms with E-state index in [1.165, 1.54) is 30.3 Å². The maximum atomic E-state index is 14.9. The molecular weight excluding hydrogens is 607 g/mol. The van der Waals surface area contributed by atoms with Crippen molar-refractivity contribution in [1.29, 1.82) is 0 Å². The monoisotopic (exact) mass is 642 g/mol. The zero-order valence-electron chi connectivity index (χ0n) is 26.1. The molecule has 0 spiro atoms. The molecule has 0 bridgehead atoms. The van der Waals surface area contributed by atoms with Crippen molar-refractivity contribution < 1.29 is 31.0 Å². The van der Waals surface area contributed by atoms with Gasteiger partial charge in [0.05, 0.1) is 17.7 Å². The minimum Gasteiger partial charge on any atom is -0.489 e. The number of benzene rings is 4.